The summed E-state index contributed by atoms with van der Waals surface area (Å²) < 4.78 is 40.4. The van der Waals surface area contributed by atoms with Crippen LogP contribution < -0.4 is 15.6 Å². The Morgan fingerprint density at radius 1 is 0.952 bits per heavy atom. The maximum absolute atomic E-state index is 13.6. The van der Waals surface area contributed by atoms with Crippen molar-refractivity contribution in [3.05, 3.63) is 91.8 Å². The number of benzene rings is 2. The first-order valence-electron chi connectivity index (χ1n) is 13.4. The second kappa shape index (κ2) is 11.5. The second-order valence-electron chi connectivity index (χ2n) is 10.8. The molecule has 12 nitrogen and oxygen atoms in total. The Bertz CT molecular complexity index is 1750. The van der Waals surface area contributed by atoms with Crippen molar-refractivity contribution >= 4 is 28.0 Å². The van der Waals surface area contributed by atoms with Gasteiger partial charge in [-0.15, -0.1) is 0 Å². The summed E-state index contributed by atoms with van der Waals surface area (Å²) in [6.45, 7) is 10.2. The number of rotatable bonds is 6. The lowest BCUT2D eigenvalue weighted by Gasteiger charge is -2.24. The largest absolute Gasteiger partial charge is 0.462 e. The van der Waals surface area contributed by atoms with Crippen LogP contribution in [0.1, 0.15) is 54.7 Å². The number of carbonyl (C=O) groups excluding carboxylic acids is 2. The maximum atomic E-state index is 13.6. The zero-order chi connectivity index (χ0) is 31.0. The summed E-state index contributed by atoms with van der Waals surface area (Å²) in [5.74, 6) is -0.868. The van der Waals surface area contributed by atoms with Crippen LogP contribution in [-0.4, -0.2) is 59.2 Å². The highest BCUT2D eigenvalue weighted by atomic mass is 32.2. The van der Waals surface area contributed by atoms with Gasteiger partial charge in [0, 0.05) is 6.20 Å². The van der Waals surface area contributed by atoms with E-state index in [0.717, 1.165) is 36.3 Å². The minimum absolute atomic E-state index is 0.00853. The summed E-state index contributed by atoms with van der Waals surface area (Å²) in [7, 11) is -4.20. The second-order valence-corrected chi connectivity index (χ2v) is 12.6. The van der Waals surface area contributed by atoms with Crippen molar-refractivity contribution in [3.63, 3.8) is 0 Å². The number of aromatic nitrogens is 2. The van der Waals surface area contributed by atoms with Crippen molar-refractivity contribution in [1.82, 2.24) is 13.4 Å². The van der Waals surface area contributed by atoms with Crippen molar-refractivity contribution in [1.29, 1.82) is 0 Å². The van der Waals surface area contributed by atoms with E-state index in [1.54, 1.807) is 33.8 Å². The molecule has 1 aromatic heterocycles. The predicted octanol–water partition coefficient (Wildman–Crippen LogP) is 3.14. The summed E-state index contributed by atoms with van der Waals surface area (Å²) >= 11 is 0. The van der Waals surface area contributed by atoms with Crippen LogP contribution in [0.2, 0.25) is 0 Å². The van der Waals surface area contributed by atoms with Crippen LogP contribution in [0.3, 0.4) is 0 Å². The highest BCUT2D eigenvalue weighted by Crippen LogP contribution is 2.27. The van der Waals surface area contributed by atoms with Crippen molar-refractivity contribution in [3.8, 4) is 5.69 Å². The van der Waals surface area contributed by atoms with Gasteiger partial charge in [0.2, 0.25) is 0 Å². The van der Waals surface area contributed by atoms with Gasteiger partial charge in [0.25, 0.3) is 5.56 Å². The molecule has 224 valence electrons. The topological polar surface area (TPSA) is 137 Å². The van der Waals surface area contributed by atoms with Crippen LogP contribution in [0, 0.1) is 13.8 Å². The Morgan fingerprint density at radius 3 is 2.21 bits per heavy atom. The van der Waals surface area contributed by atoms with Crippen LogP contribution in [0.15, 0.2) is 58.3 Å². The van der Waals surface area contributed by atoms with Crippen LogP contribution in [0.5, 0.6) is 0 Å². The Morgan fingerprint density at radius 2 is 1.60 bits per heavy atom. The first-order chi connectivity index (χ1) is 19.7. The minimum atomic E-state index is -4.20. The summed E-state index contributed by atoms with van der Waals surface area (Å²) in [6, 6.07) is 11.5. The molecule has 1 aliphatic rings. The van der Waals surface area contributed by atoms with Gasteiger partial charge in [-0.1, -0.05) is 18.2 Å². The Balaban J connectivity index is 1.73. The molecule has 13 heteroatoms. The summed E-state index contributed by atoms with van der Waals surface area (Å²) in [4.78, 5) is 52.1. The Labute approximate surface area is 243 Å². The van der Waals surface area contributed by atoms with Gasteiger partial charge in [-0.25, -0.2) is 14.4 Å². The van der Waals surface area contributed by atoms with Crippen molar-refractivity contribution < 1.29 is 27.5 Å². The first kappa shape index (κ1) is 30.6. The molecule has 4 rings (SSSR count). The van der Waals surface area contributed by atoms with Gasteiger partial charge < -0.3 is 9.47 Å². The fourth-order valence-electron chi connectivity index (χ4n) is 4.50. The van der Waals surface area contributed by atoms with E-state index in [9.17, 15) is 27.6 Å². The fraction of sp³-hybridized carbons (Fsp3) is 0.379. The summed E-state index contributed by atoms with van der Waals surface area (Å²) in [5.41, 5.74) is 0.521. The smallest absolute Gasteiger partial charge is 0.425 e. The van der Waals surface area contributed by atoms with Gasteiger partial charge in [-0.2, -0.15) is 12.7 Å². The molecule has 1 saturated heterocycles. The van der Waals surface area contributed by atoms with Crippen LogP contribution >= 0.6 is 0 Å². The lowest BCUT2D eigenvalue weighted by atomic mass is 10.0. The molecule has 2 aromatic carbocycles. The number of hydrogen-bond donors (Lipinski definition) is 0. The molecule has 0 unspecified atom stereocenters. The fourth-order valence-corrected chi connectivity index (χ4v) is 5.98. The molecular weight excluding hydrogens is 564 g/mol. The highest BCUT2D eigenvalue weighted by Gasteiger charge is 2.42. The number of amides is 1. The van der Waals surface area contributed by atoms with E-state index in [1.165, 1.54) is 24.3 Å². The van der Waals surface area contributed by atoms with E-state index < -0.39 is 39.1 Å². The number of ether oxygens (including phenoxy) is 2. The van der Waals surface area contributed by atoms with Crippen molar-refractivity contribution in [2.24, 2.45) is 0 Å². The van der Waals surface area contributed by atoms with Gasteiger partial charge in [0.15, 0.2) is 0 Å². The third-order valence-electron chi connectivity index (χ3n) is 6.79. The van der Waals surface area contributed by atoms with Crippen molar-refractivity contribution in [2.75, 3.05) is 24.0 Å². The lowest BCUT2D eigenvalue weighted by molar-refractivity contribution is 0.0404. The summed E-state index contributed by atoms with van der Waals surface area (Å²) in [6.07, 6.45) is 0.166. The quantitative estimate of drug-likeness (QED) is 0.395. The van der Waals surface area contributed by atoms with Gasteiger partial charge in [-0.05, 0) is 82.5 Å². The van der Waals surface area contributed by atoms with E-state index in [0.29, 0.717) is 4.31 Å². The predicted molar refractivity (Wildman–Crippen MR) is 156 cm³/mol. The third kappa shape index (κ3) is 5.96. The average molecular weight is 599 g/mol. The number of aryl methyl sites for hydroxylation is 1. The molecule has 0 spiro atoms. The van der Waals surface area contributed by atoms with Gasteiger partial charge in [0.05, 0.1) is 37.6 Å². The monoisotopic (exact) mass is 598 g/mol. The van der Waals surface area contributed by atoms with Crippen LogP contribution in [0.25, 0.3) is 5.69 Å². The Kier molecular flexibility index (Phi) is 8.35. The molecule has 0 saturated carbocycles. The first-order valence-corrected chi connectivity index (χ1v) is 14.8. The van der Waals surface area contributed by atoms with Crippen molar-refractivity contribution in [2.45, 2.75) is 53.7 Å². The molecule has 1 amide bonds. The molecular formula is C29H34N4O8S. The van der Waals surface area contributed by atoms with E-state index in [-0.39, 0.29) is 43.2 Å². The number of esters is 1. The van der Waals surface area contributed by atoms with Crippen LogP contribution in [0.4, 0.5) is 10.5 Å². The zero-order valence-corrected chi connectivity index (χ0v) is 25.2. The van der Waals surface area contributed by atoms with E-state index in [2.05, 4.69) is 0 Å². The highest BCUT2D eigenvalue weighted by molar-refractivity contribution is 7.91. The summed E-state index contributed by atoms with van der Waals surface area (Å²) in [5, 5.41) is 0. The average Bonchev–Trinajstić information content (AvgIpc) is 3.23. The normalized spacial score (nSPS) is 14.6. The molecule has 0 atom stereocenters. The SMILES string of the molecule is CCOC(=O)c1cn(-c2ccc(N3CCN(C(=O)OC(C)(C)C)S3(=O)=O)cc2)c(=O)n(Cc2cccc(C)c2C)c1=O. The van der Waals surface area contributed by atoms with Gasteiger partial charge >= 0.3 is 28.0 Å². The zero-order valence-electron chi connectivity index (χ0n) is 24.4. The van der Waals surface area contributed by atoms with E-state index >= 15 is 0 Å². The van der Waals surface area contributed by atoms with Gasteiger partial charge in [0.1, 0.15) is 11.2 Å². The molecule has 1 aliphatic heterocycles. The number of anilines is 1. The van der Waals surface area contributed by atoms with E-state index in [4.69, 9.17) is 9.47 Å². The van der Waals surface area contributed by atoms with Gasteiger partial charge in [-0.3, -0.25) is 18.2 Å². The maximum Gasteiger partial charge on any atom is 0.425 e. The molecule has 3 aromatic rings. The third-order valence-corrected chi connectivity index (χ3v) is 8.63. The molecule has 42 heavy (non-hydrogen) atoms. The molecule has 0 N–H and O–H groups in total. The molecule has 2 heterocycles. The standard InChI is InChI=1S/C29H34N4O8S/c1-7-40-26(35)24-18-30(27(36)31(25(24)34)17-21-10-8-9-19(2)20(21)3)22-11-13-23(14-12-22)32-15-16-33(42(32,38)39)28(37)41-29(4,5)6/h8-14,18H,7,15-17H2,1-6H3. The Hall–Kier alpha value is -4.39. The molecule has 0 bridgehead atoms. The minimum Gasteiger partial charge on any atom is -0.462 e. The lowest BCUT2D eigenvalue weighted by Crippen LogP contribution is -2.42. The molecule has 1 fully saturated rings. The number of carbonyl (C=O) groups is 2. The molecule has 0 radical (unpaired) electrons. The van der Waals surface area contributed by atoms with E-state index in [1.807, 2.05) is 26.0 Å². The van der Waals surface area contributed by atoms with Crippen LogP contribution in [-0.2, 0) is 26.2 Å². The number of nitrogens with zero attached hydrogens (tertiary/aromatic N) is 4. The molecule has 0 aliphatic carbocycles. The number of hydrogen-bond acceptors (Lipinski definition) is 8.